The number of para-hydroxylation sites is 2. The summed E-state index contributed by atoms with van der Waals surface area (Å²) in [5.74, 6) is 1.92. The largest absolute Gasteiger partial charge is 0.507 e. The standard InChI is InChI=1S/C23H20N2O3/c1-27-16-12-10-15(11-13-16)23-25-20(18-7-3-5-9-22(18)28-23)14-19(24-25)17-6-2-4-8-21(17)26/h2-13,20,23,26H,14H2,1H3. The Bertz CT molecular complexity index is 1050. The van der Waals surface area contributed by atoms with Gasteiger partial charge in [-0.2, -0.15) is 5.10 Å². The van der Waals surface area contributed by atoms with Gasteiger partial charge in [0.1, 0.15) is 17.2 Å². The van der Waals surface area contributed by atoms with Crippen molar-refractivity contribution in [3.8, 4) is 17.2 Å². The third kappa shape index (κ3) is 2.67. The number of aromatic hydroxyl groups is 1. The smallest absolute Gasteiger partial charge is 0.213 e. The highest BCUT2D eigenvalue weighted by atomic mass is 16.5. The Balaban J connectivity index is 1.59. The first-order valence-corrected chi connectivity index (χ1v) is 9.28. The highest BCUT2D eigenvalue weighted by molar-refractivity contribution is 6.04. The lowest BCUT2D eigenvalue weighted by atomic mass is 9.95. The summed E-state index contributed by atoms with van der Waals surface area (Å²) in [5.41, 5.74) is 3.74. The predicted molar refractivity (Wildman–Crippen MR) is 107 cm³/mol. The maximum absolute atomic E-state index is 10.3. The molecule has 0 fully saturated rings. The van der Waals surface area contributed by atoms with E-state index in [4.69, 9.17) is 14.6 Å². The molecule has 5 heteroatoms. The molecule has 5 nitrogen and oxygen atoms in total. The molecular formula is C23H20N2O3. The number of hydrogen-bond acceptors (Lipinski definition) is 5. The van der Waals surface area contributed by atoms with Crippen LogP contribution in [0.4, 0.5) is 0 Å². The lowest BCUT2D eigenvalue weighted by Crippen LogP contribution is -2.33. The monoisotopic (exact) mass is 372 g/mol. The van der Waals surface area contributed by atoms with Crippen molar-refractivity contribution in [3.05, 3.63) is 89.5 Å². The highest BCUT2D eigenvalue weighted by Crippen LogP contribution is 2.47. The molecule has 28 heavy (non-hydrogen) atoms. The number of methoxy groups -OCH3 is 1. The Morgan fingerprint density at radius 3 is 2.54 bits per heavy atom. The van der Waals surface area contributed by atoms with Crippen LogP contribution in [0, 0.1) is 0 Å². The fourth-order valence-electron chi connectivity index (χ4n) is 3.90. The van der Waals surface area contributed by atoms with Crippen molar-refractivity contribution in [2.24, 2.45) is 5.10 Å². The Morgan fingerprint density at radius 1 is 1.00 bits per heavy atom. The number of phenolic OH excluding ortho intramolecular Hbond substituents is 1. The Morgan fingerprint density at radius 2 is 1.75 bits per heavy atom. The van der Waals surface area contributed by atoms with Crippen LogP contribution >= 0.6 is 0 Å². The van der Waals surface area contributed by atoms with E-state index in [0.29, 0.717) is 6.42 Å². The summed E-state index contributed by atoms with van der Waals surface area (Å²) < 4.78 is 11.6. The molecule has 0 aliphatic carbocycles. The number of phenols is 1. The van der Waals surface area contributed by atoms with Gasteiger partial charge in [0.2, 0.25) is 6.23 Å². The summed E-state index contributed by atoms with van der Waals surface area (Å²) in [4.78, 5) is 0. The van der Waals surface area contributed by atoms with E-state index in [1.165, 1.54) is 0 Å². The molecule has 5 rings (SSSR count). The van der Waals surface area contributed by atoms with E-state index in [1.807, 2.05) is 65.7 Å². The molecule has 0 saturated heterocycles. The summed E-state index contributed by atoms with van der Waals surface area (Å²) in [5, 5.41) is 17.2. The number of hydrazone groups is 1. The van der Waals surface area contributed by atoms with Gasteiger partial charge in [0.15, 0.2) is 0 Å². The van der Waals surface area contributed by atoms with E-state index in [0.717, 1.165) is 33.9 Å². The molecule has 0 amide bonds. The van der Waals surface area contributed by atoms with Crippen molar-refractivity contribution in [2.75, 3.05) is 7.11 Å². The molecule has 2 unspecified atom stereocenters. The molecule has 2 aliphatic rings. The predicted octanol–water partition coefficient (Wildman–Crippen LogP) is 4.64. The van der Waals surface area contributed by atoms with Crippen LogP contribution in [-0.2, 0) is 0 Å². The average Bonchev–Trinajstić information content (AvgIpc) is 3.19. The highest BCUT2D eigenvalue weighted by Gasteiger charge is 2.41. The molecule has 0 spiro atoms. The van der Waals surface area contributed by atoms with Crippen LogP contribution < -0.4 is 9.47 Å². The Labute approximate surface area is 163 Å². The van der Waals surface area contributed by atoms with Crippen molar-refractivity contribution in [1.82, 2.24) is 5.01 Å². The lowest BCUT2D eigenvalue weighted by molar-refractivity contribution is -0.0190. The van der Waals surface area contributed by atoms with E-state index < -0.39 is 0 Å². The van der Waals surface area contributed by atoms with Gasteiger partial charge >= 0.3 is 0 Å². The zero-order valence-corrected chi connectivity index (χ0v) is 15.4. The first-order valence-electron chi connectivity index (χ1n) is 9.28. The van der Waals surface area contributed by atoms with E-state index in [2.05, 4.69) is 6.07 Å². The zero-order valence-electron chi connectivity index (χ0n) is 15.4. The molecule has 1 N–H and O–H groups in total. The zero-order chi connectivity index (χ0) is 19.1. The van der Waals surface area contributed by atoms with Gasteiger partial charge < -0.3 is 14.6 Å². The van der Waals surface area contributed by atoms with E-state index in [1.54, 1.807) is 13.2 Å². The van der Waals surface area contributed by atoms with E-state index >= 15 is 0 Å². The van der Waals surface area contributed by atoms with Crippen LogP contribution in [0.1, 0.15) is 35.4 Å². The topological polar surface area (TPSA) is 54.3 Å². The summed E-state index contributed by atoms with van der Waals surface area (Å²) in [6, 6.07) is 23.3. The van der Waals surface area contributed by atoms with Crippen LogP contribution in [0.5, 0.6) is 17.2 Å². The minimum absolute atomic E-state index is 0.0617. The lowest BCUT2D eigenvalue weighted by Gasteiger charge is -2.38. The first kappa shape index (κ1) is 16.7. The Kier molecular flexibility index (Phi) is 3.93. The van der Waals surface area contributed by atoms with Crippen molar-refractivity contribution < 1.29 is 14.6 Å². The van der Waals surface area contributed by atoms with Crippen molar-refractivity contribution in [1.29, 1.82) is 0 Å². The molecule has 2 atom stereocenters. The van der Waals surface area contributed by atoms with Crippen LogP contribution in [0.3, 0.4) is 0 Å². The number of hydrogen-bond donors (Lipinski definition) is 1. The maximum Gasteiger partial charge on any atom is 0.213 e. The second-order valence-corrected chi connectivity index (χ2v) is 6.94. The molecule has 140 valence electrons. The van der Waals surface area contributed by atoms with E-state index in [-0.39, 0.29) is 18.0 Å². The van der Waals surface area contributed by atoms with Crippen LogP contribution in [0.15, 0.2) is 77.9 Å². The molecule has 0 saturated carbocycles. The number of nitrogens with zero attached hydrogens (tertiary/aromatic N) is 2. The molecular weight excluding hydrogens is 352 g/mol. The van der Waals surface area contributed by atoms with Gasteiger partial charge in [-0.25, -0.2) is 5.01 Å². The Hall–Kier alpha value is -3.47. The van der Waals surface area contributed by atoms with Gasteiger partial charge in [0.25, 0.3) is 0 Å². The molecule has 2 heterocycles. The van der Waals surface area contributed by atoms with Crippen molar-refractivity contribution in [2.45, 2.75) is 18.7 Å². The van der Waals surface area contributed by atoms with Crippen LogP contribution in [0.2, 0.25) is 0 Å². The third-order valence-electron chi connectivity index (χ3n) is 5.31. The minimum atomic E-state index is -0.339. The molecule has 3 aromatic rings. The molecule has 0 bridgehead atoms. The molecule has 0 radical (unpaired) electrons. The van der Waals surface area contributed by atoms with Gasteiger partial charge in [-0.3, -0.25) is 0 Å². The third-order valence-corrected chi connectivity index (χ3v) is 5.31. The van der Waals surface area contributed by atoms with Gasteiger partial charge in [0, 0.05) is 23.1 Å². The number of benzene rings is 3. The van der Waals surface area contributed by atoms with Gasteiger partial charge in [-0.05, 0) is 42.5 Å². The summed E-state index contributed by atoms with van der Waals surface area (Å²) in [6.07, 6.45) is 0.374. The summed E-state index contributed by atoms with van der Waals surface area (Å²) in [7, 11) is 1.65. The quantitative estimate of drug-likeness (QED) is 0.728. The van der Waals surface area contributed by atoms with Crippen molar-refractivity contribution in [3.63, 3.8) is 0 Å². The van der Waals surface area contributed by atoms with Crippen molar-refractivity contribution >= 4 is 5.71 Å². The summed E-state index contributed by atoms with van der Waals surface area (Å²) in [6.45, 7) is 0. The maximum atomic E-state index is 10.3. The summed E-state index contributed by atoms with van der Waals surface area (Å²) >= 11 is 0. The number of ether oxygens (including phenoxy) is 2. The van der Waals surface area contributed by atoms with Gasteiger partial charge in [-0.1, -0.05) is 30.3 Å². The number of fused-ring (bicyclic) bond motifs is 3. The van der Waals surface area contributed by atoms with Gasteiger partial charge in [-0.15, -0.1) is 0 Å². The second kappa shape index (κ2) is 6.60. The fourth-order valence-corrected chi connectivity index (χ4v) is 3.90. The van der Waals surface area contributed by atoms with Crippen LogP contribution in [0.25, 0.3) is 0 Å². The second-order valence-electron chi connectivity index (χ2n) is 6.94. The van der Waals surface area contributed by atoms with Gasteiger partial charge in [0.05, 0.1) is 18.9 Å². The first-order chi connectivity index (χ1) is 13.7. The average molecular weight is 372 g/mol. The fraction of sp³-hybridized carbons (Fsp3) is 0.174. The molecule has 0 aromatic heterocycles. The SMILES string of the molecule is COc1ccc(C2Oc3ccccc3C3CC(c4ccccc4O)=NN32)cc1. The number of rotatable bonds is 3. The molecule has 2 aliphatic heterocycles. The normalized spacial score (nSPS) is 20.0. The van der Waals surface area contributed by atoms with Crippen LogP contribution in [-0.4, -0.2) is 22.9 Å². The minimum Gasteiger partial charge on any atom is -0.507 e. The van der Waals surface area contributed by atoms with E-state index in [9.17, 15) is 5.11 Å². The molecule has 3 aromatic carbocycles.